The van der Waals surface area contributed by atoms with Crippen LogP contribution in [0.5, 0.6) is 0 Å². The number of amides is 1. The van der Waals surface area contributed by atoms with Crippen LogP contribution in [-0.4, -0.2) is 71.8 Å². The average Bonchev–Trinajstić information content (AvgIpc) is 3.46. The molecule has 0 aliphatic carbocycles. The molecule has 0 atom stereocenters. The molecule has 12 heteroatoms. The molecule has 0 saturated carbocycles. The van der Waals surface area contributed by atoms with Crippen molar-refractivity contribution in [1.29, 1.82) is 0 Å². The third-order valence-electron chi connectivity index (χ3n) is 6.10. The van der Waals surface area contributed by atoms with Crippen molar-refractivity contribution < 1.29 is 13.2 Å². The van der Waals surface area contributed by atoms with Gasteiger partial charge in [0.25, 0.3) is 5.91 Å². The molecule has 3 heterocycles. The van der Waals surface area contributed by atoms with Crippen LogP contribution in [0.3, 0.4) is 0 Å². The van der Waals surface area contributed by atoms with Crippen molar-refractivity contribution in [2.45, 2.75) is 18.9 Å². The number of carbonyl (C=O) groups excluding carboxylic acids is 1. The molecule has 1 aliphatic rings. The quantitative estimate of drug-likeness (QED) is 0.258. The molecule has 0 bridgehead atoms. The van der Waals surface area contributed by atoms with Crippen molar-refractivity contribution >= 4 is 44.2 Å². The highest BCUT2D eigenvalue weighted by molar-refractivity contribution is 7.92. The molecule has 5 N–H and O–H groups in total. The molecule has 1 saturated heterocycles. The van der Waals surface area contributed by atoms with Gasteiger partial charge in [0, 0.05) is 23.4 Å². The van der Waals surface area contributed by atoms with Gasteiger partial charge in [-0.3, -0.25) is 14.6 Å². The number of imidazole rings is 1. The summed E-state index contributed by atoms with van der Waals surface area (Å²) < 4.78 is 25.4. The smallest absolute Gasteiger partial charge is 0.256 e. The van der Waals surface area contributed by atoms with Crippen molar-refractivity contribution in [2.24, 2.45) is 0 Å². The lowest BCUT2D eigenvalue weighted by Crippen LogP contribution is -2.36. The van der Waals surface area contributed by atoms with E-state index in [0.717, 1.165) is 43.4 Å². The minimum absolute atomic E-state index is 0.264. The van der Waals surface area contributed by atoms with Gasteiger partial charge >= 0.3 is 0 Å². The van der Waals surface area contributed by atoms with E-state index in [1.807, 2.05) is 12.1 Å². The van der Waals surface area contributed by atoms with Gasteiger partial charge < -0.3 is 20.5 Å². The number of aromatic nitrogens is 4. The molecule has 1 fully saturated rings. The molecule has 0 spiro atoms. The van der Waals surface area contributed by atoms with Crippen LogP contribution in [0, 0.1) is 0 Å². The van der Waals surface area contributed by atoms with Crippen LogP contribution in [0.2, 0.25) is 0 Å². The molecule has 1 aliphatic heterocycles. The number of H-pyrrole nitrogens is 2. The summed E-state index contributed by atoms with van der Waals surface area (Å²) in [6.07, 6.45) is 3.30. The van der Waals surface area contributed by atoms with Crippen molar-refractivity contribution in [3.05, 3.63) is 54.1 Å². The number of nitrogens with one attached hydrogen (secondary N) is 5. The van der Waals surface area contributed by atoms with Crippen molar-refractivity contribution in [3.8, 4) is 11.5 Å². The van der Waals surface area contributed by atoms with Gasteiger partial charge in [-0.1, -0.05) is 0 Å². The summed E-state index contributed by atoms with van der Waals surface area (Å²) in [5.74, 6) is 0.613. The molecule has 11 nitrogen and oxygen atoms in total. The number of sulfonamides is 1. The third kappa shape index (κ3) is 5.66. The van der Waals surface area contributed by atoms with Gasteiger partial charge in [0.15, 0.2) is 11.6 Å². The molecule has 1 amide bonds. The lowest BCUT2D eigenvalue weighted by Gasteiger charge is -2.30. The first-order valence-electron chi connectivity index (χ1n) is 11.6. The number of anilines is 3. The molecular formula is C24H28N8O3S. The number of hydrogen-bond donors (Lipinski definition) is 5. The van der Waals surface area contributed by atoms with Crippen LogP contribution in [0.15, 0.2) is 48.5 Å². The zero-order valence-electron chi connectivity index (χ0n) is 20.0. The Morgan fingerprint density at radius 2 is 1.78 bits per heavy atom. The Kier molecular flexibility index (Phi) is 6.37. The number of aromatic amines is 2. The Hall–Kier alpha value is -3.90. The van der Waals surface area contributed by atoms with Crippen LogP contribution in [0.4, 0.5) is 17.2 Å². The summed E-state index contributed by atoms with van der Waals surface area (Å²) >= 11 is 0. The van der Waals surface area contributed by atoms with Crippen LogP contribution in [0.25, 0.3) is 22.6 Å². The minimum Gasteiger partial charge on any atom is -0.382 e. The summed E-state index contributed by atoms with van der Waals surface area (Å²) in [5, 5.41) is 13.4. The summed E-state index contributed by atoms with van der Waals surface area (Å²) in [6.45, 7) is 2.17. The summed E-state index contributed by atoms with van der Waals surface area (Å²) in [5.41, 5.74) is 3.86. The van der Waals surface area contributed by atoms with Crippen molar-refractivity contribution in [3.63, 3.8) is 0 Å². The number of likely N-dealkylation sites (tertiary alicyclic amines) is 1. The van der Waals surface area contributed by atoms with E-state index in [9.17, 15) is 13.2 Å². The van der Waals surface area contributed by atoms with E-state index < -0.39 is 10.0 Å². The standard InChI is InChI=1S/C24H28N8O3S/c1-32-11-9-17(10-12-32)25-16-5-3-15(4-6-16)24(33)28-22-14-21(29-30-22)23-26-19-8-7-18(13-20(19)27-23)31-36(2,34)35/h3-8,13-14,17,25,31H,9-12H2,1-2H3,(H,26,27)(H2,28,29,30,33). The van der Waals surface area contributed by atoms with Gasteiger partial charge in [0.2, 0.25) is 10.0 Å². The third-order valence-corrected chi connectivity index (χ3v) is 6.70. The summed E-state index contributed by atoms with van der Waals surface area (Å²) in [6, 6.07) is 14.6. The molecule has 5 rings (SSSR count). The fourth-order valence-corrected chi connectivity index (χ4v) is 4.77. The lowest BCUT2D eigenvalue weighted by molar-refractivity contribution is 0.102. The number of carbonyl (C=O) groups is 1. The highest BCUT2D eigenvalue weighted by atomic mass is 32.2. The summed E-state index contributed by atoms with van der Waals surface area (Å²) in [4.78, 5) is 22.7. The zero-order chi connectivity index (χ0) is 25.3. The molecular weight excluding hydrogens is 480 g/mol. The van der Waals surface area contributed by atoms with Crippen LogP contribution < -0.4 is 15.4 Å². The van der Waals surface area contributed by atoms with Crippen LogP contribution >= 0.6 is 0 Å². The summed E-state index contributed by atoms with van der Waals surface area (Å²) in [7, 11) is -1.24. The zero-order valence-corrected chi connectivity index (χ0v) is 20.8. The minimum atomic E-state index is -3.38. The maximum Gasteiger partial charge on any atom is 0.256 e. The van der Waals surface area contributed by atoms with Gasteiger partial charge in [-0.2, -0.15) is 5.10 Å². The second-order valence-electron chi connectivity index (χ2n) is 9.11. The predicted octanol–water partition coefficient (Wildman–Crippen LogP) is 3.08. The number of benzene rings is 2. The average molecular weight is 509 g/mol. The van der Waals surface area contributed by atoms with Crippen LogP contribution in [0.1, 0.15) is 23.2 Å². The van der Waals surface area contributed by atoms with Gasteiger partial charge in [-0.05, 0) is 75.4 Å². The molecule has 188 valence electrons. The van der Waals surface area contributed by atoms with Crippen LogP contribution in [-0.2, 0) is 10.0 Å². The second-order valence-corrected chi connectivity index (χ2v) is 10.9. The largest absolute Gasteiger partial charge is 0.382 e. The molecule has 4 aromatic rings. The van der Waals surface area contributed by atoms with E-state index in [-0.39, 0.29) is 5.91 Å². The van der Waals surface area contributed by atoms with E-state index in [4.69, 9.17) is 0 Å². The molecule has 0 radical (unpaired) electrons. The normalized spacial score (nSPS) is 15.2. The number of piperidine rings is 1. The maximum absolute atomic E-state index is 12.7. The first-order chi connectivity index (χ1) is 17.2. The van der Waals surface area contributed by atoms with Gasteiger partial charge in [-0.15, -0.1) is 0 Å². The molecule has 2 aromatic heterocycles. The van der Waals surface area contributed by atoms with Gasteiger partial charge in [-0.25, -0.2) is 13.4 Å². The predicted molar refractivity (Wildman–Crippen MR) is 141 cm³/mol. The highest BCUT2D eigenvalue weighted by Gasteiger charge is 2.17. The van der Waals surface area contributed by atoms with E-state index in [2.05, 4.69) is 47.5 Å². The van der Waals surface area contributed by atoms with Crippen molar-refractivity contribution in [1.82, 2.24) is 25.1 Å². The Bertz CT molecular complexity index is 1490. The van der Waals surface area contributed by atoms with E-state index >= 15 is 0 Å². The monoisotopic (exact) mass is 508 g/mol. The topological polar surface area (TPSA) is 148 Å². The Morgan fingerprint density at radius 3 is 2.50 bits per heavy atom. The van der Waals surface area contributed by atoms with Gasteiger partial charge in [0.05, 0.1) is 23.0 Å². The molecule has 0 unspecified atom stereocenters. The number of nitrogens with zero attached hydrogens (tertiary/aromatic N) is 3. The molecule has 36 heavy (non-hydrogen) atoms. The van der Waals surface area contributed by atoms with E-state index in [1.165, 1.54) is 0 Å². The first-order valence-corrected chi connectivity index (χ1v) is 13.5. The SMILES string of the molecule is CN1CCC(Nc2ccc(C(=O)Nc3cc(-c4nc5cc(NS(C)(=O)=O)ccc5[nH]4)[nH]n3)cc2)CC1. The van der Waals surface area contributed by atoms with E-state index in [0.29, 0.717) is 40.1 Å². The highest BCUT2D eigenvalue weighted by Crippen LogP contribution is 2.24. The fourth-order valence-electron chi connectivity index (χ4n) is 4.21. The number of rotatable bonds is 7. The Labute approximate surface area is 208 Å². The maximum atomic E-state index is 12.7. The number of hydrogen-bond acceptors (Lipinski definition) is 7. The lowest BCUT2D eigenvalue weighted by atomic mass is 10.0. The fraction of sp³-hybridized carbons (Fsp3) is 0.292. The Balaban J connectivity index is 1.23. The van der Waals surface area contributed by atoms with Gasteiger partial charge in [0.1, 0.15) is 5.69 Å². The Morgan fingerprint density at radius 1 is 1.06 bits per heavy atom. The van der Waals surface area contributed by atoms with Crippen molar-refractivity contribution in [2.75, 3.05) is 41.7 Å². The molecule has 2 aromatic carbocycles. The first kappa shape index (κ1) is 23.8. The number of fused-ring (bicyclic) bond motifs is 1. The second kappa shape index (κ2) is 9.63. The van der Waals surface area contributed by atoms with E-state index in [1.54, 1.807) is 36.4 Å².